The van der Waals surface area contributed by atoms with Crippen molar-refractivity contribution < 1.29 is 9.66 Å². The molecule has 0 aliphatic heterocycles. The average molecular weight is 360 g/mol. The molecule has 0 spiro atoms. The minimum atomic E-state index is -0.412. The topological polar surface area (TPSA) is 64.7 Å². The summed E-state index contributed by atoms with van der Waals surface area (Å²) < 4.78 is 5.87. The quantitative estimate of drug-likeness (QED) is 0.323. The van der Waals surface area contributed by atoms with Crippen LogP contribution in [0.2, 0.25) is 0 Å². The first kappa shape index (κ1) is 18.5. The van der Waals surface area contributed by atoms with Crippen LogP contribution in [-0.2, 0) is 11.3 Å². The van der Waals surface area contributed by atoms with Crippen LogP contribution >= 0.6 is 0 Å². The largest absolute Gasteiger partial charge is 0.374 e. The fourth-order valence-corrected chi connectivity index (χ4v) is 2.62. The number of benzene rings is 3. The van der Waals surface area contributed by atoms with E-state index < -0.39 is 4.92 Å². The lowest BCUT2D eigenvalue weighted by Crippen LogP contribution is -2.06. The van der Waals surface area contributed by atoms with E-state index in [0.717, 1.165) is 16.7 Å². The molecule has 5 nitrogen and oxygen atoms in total. The van der Waals surface area contributed by atoms with Crippen molar-refractivity contribution in [3.05, 3.63) is 112 Å². The smallest absolute Gasteiger partial charge is 0.269 e. The van der Waals surface area contributed by atoms with Gasteiger partial charge in [0.25, 0.3) is 5.69 Å². The third-order valence-corrected chi connectivity index (χ3v) is 4.08. The zero-order valence-corrected chi connectivity index (χ0v) is 14.8. The average Bonchev–Trinajstić information content (AvgIpc) is 2.72. The molecule has 0 aromatic heterocycles. The summed E-state index contributed by atoms with van der Waals surface area (Å²) in [5.74, 6) is 0. The Morgan fingerprint density at radius 3 is 2.19 bits per heavy atom. The van der Waals surface area contributed by atoms with Crippen LogP contribution in [0.1, 0.15) is 22.7 Å². The molecule has 136 valence electrons. The summed E-state index contributed by atoms with van der Waals surface area (Å²) >= 11 is 0. The van der Waals surface area contributed by atoms with Crippen LogP contribution < -0.4 is 0 Å². The maximum atomic E-state index is 10.8. The molecule has 0 amide bonds. The molecule has 0 saturated heterocycles. The fraction of sp³-hybridized carbons (Fsp3) is 0.136. The van der Waals surface area contributed by atoms with E-state index in [-0.39, 0.29) is 11.7 Å². The highest BCUT2D eigenvalue weighted by atomic mass is 16.6. The van der Waals surface area contributed by atoms with Crippen LogP contribution in [-0.4, -0.2) is 17.7 Å². The van der Waals surface area contributed by atoms with Gasteiger partial charge >= 0.3 is 0 Å². The van der Waals surface area contributed by atoms with E-state index >= 15 is 0 Å². The maximum absolute atomic E-state index is 10.8. The highest BCUT2D eigenvalue weighted by Gasteiger charge is 2.10. The van der Waals surface area contributed by atoms with Crippen molar-refractivity contribution in [1.82, 2.24) is 0 Å². The molecule has 0 fully saturated rings. The molecule has 0 heterocycles. The van der Waals surface area contributed by atoms with Gasteiger partial charge in [-0.1, -0.05) is 60.7 Å². The monoisotopic (exact) mass is 360 g/mol. The van der Waals surface area contributed by atoms with E-state index in [0.29, 0.717) is 13.2 Å². The van der Waals surface area contributed by atoms with Gasteiger partial charge in [0, 0.05) is 18.3 Å². The normalized spacial score (nSPS) is 12.1. The predicted molar refractivity (Wildman–Crippen MR) is 106 cm³/mol. The van der Waals surface area contributed by atoms with Gasteiger partial charge in [-0.2, -0.15) is 0 Å². The number of nitro benzene ring substituents is 1. The number of ether oxygens (including phenoxy) is 1. The number of hydrogen-bond donors (Lipinski definition) is 0. The van der Waals surface area contributed by atoms with E-state index in [4.69, 9.17) is 4.74 Å². The Balaban J connectivity index is 1.69. The number of nitro groups is 1. The molecule has 3 rings (SSSR count). The van der Waals surface area contributed by atoms with E-state index in [9.17, 15) is 10.1 Å². The molecule has 0 saturated carbocycles. The van der Waals surface area contributed by atoms with Crippen molar-refractivity contribution in [3.8, 4) is 0 Å². The number of non-ortho nitro benzene ring substituents is 1. The Bertz CT molecular complexity index is 878. The van der Waals surface area contributed by atoms with E-state index in [2.05, 4.69) is 4.99 Å². The van der Waals surface area contributed by atoms with Gasteiger partial charge in [-0.3, -0.25) is 15.1 Å². The van der Waals surface area contributed by atoms with Crippen molar-refractivity contribution >= 4 is 11.9 Å². The van der Waals surface area contributed by atoms with Gasteiger partial charge in [-0.25, -0.2) is 0 Å². The minimum absolute atomic E-state index is 0.0675. The number of rotatable bonds is 8. The minimum Gasteiger partial charge on any atom is -0.374 e. The van der Waals surface area contributed by atoms with Gasteiger partial charge in [0.15, 0.2) is 0 Å². The van der Waals surface area contributed by atoms with Crippen molar-refractivity contribution in [1.29, 1.82) is 0 Å². The Morgan fingerprint density at radius 2 is 1.56 bits per heavy atom. The first-order chi connectivity index (χ1) is 13.2. The first-order valence-electron chi connectivity index (χ1n) is 8.66. The molecule has 0 unspecified atom stereocenters. The van der Waals surface area contributed by atoms with Gasteiger partial charge in [0.2, 0.25) is 0 Å². The van der Waals surface area contributed by atoms with E-state index in [1.165, 1.54) is 12.1 Å². The molecule has 0 aliphatic carbocycles. The van der Waals surface area contributed by atoms with Crippen LogP contribution in [0.25, 0.3) is 0 Å². The SMILES string of the molecule is O=[N+]([O-])c1ccc(C=N[C@@H](COCc2ccccc2)c2ccccc2)cc1. The van der Waals surface area contributed by atoms with Gasteiger partial charge in [-0.15, -0.1) is 0 Å². The summed E-state index contributed by atoms with van der Waals surface area (Å²) in [5, 5.41) is 10.8. The van der Waals surface area contributed by atoms with Crippen LogP contribution in [0.5, 0.6) is 0 Å². The van der Waals surface area contributed by atoms with Crippen molar-refractivity contribution in [3.63, 3.8) is 0 Å². The third kappa shape index (κ3) is 5.59. The lowest BCUT2D eigenvalue weighted by molar-refractivity contribution is -0.384. The highest BCUT2D eigenvalue weighted by Crippen LogP contribution is 2.19. The lowest BCUT2D eigenvalue weighted by atomic mass is 10.1. The molecular weight excluding hydrogens is 340 g/mol. The van der Waals surface area contributed by atoms with Crippen LogP contribution in [0, 0.1) is 10.1 Å². The standard InChI is InChI=1S/C22H20N2O3/c25-24(26)21-13-11-18(12-14-21)15-23-22(20-9-5-2-6-10-20)17-27-16-19-7-3-1-4-8-19/h1-15,22H,16-17H2/t22-/m0/s1. The van der Waals surface area contributed by atoms with E-state index in [1.54, 1.807) is 18.3 Å². The van der Waals surface area contributed by atoms with Gasteiger partial charge in [0.05, 0.1) is 24.2 Å². The number of aliphatic imine (C=N–C) groups is 1. The van der Waals surface area contributed by atoms with Gasteiger partial charge < -0.3 is 4.74 Å². The molecule has 1 atom stereocenters. The predicted octanol–water partition coefficient (Wildman–Crippen LogP) is 4.97. The first-order valence-corrected chi connectivity index (χ1v) is 8.66. The molecule has 5 heteroatoms. The summed E-state index contributed by atoms with van der Waals surface area (Å²) in [5.41, 5.74) is 3.05. The zero-order chi connectivity index (χ0) is 18.9. The molecule has 0 radical (unpaired) electrons. The van der Waals surface area contributed by atoms with Crippen molar-refractivity contribution in [2.45, 2.75) is 12.6 Å². The second-order valence-electron chi connectivity index (χ2n) is 6.05. The number of nitrogens with zero attached hydrogens (tertiary/aromatic N) is 2. The van der Waals surface area contributed by atoms with Crippen LogP contribution in [0.15, 0.2) is 89.9 Å². The van der Waals surface area contributed by atoms with Crippen molar-refractivity contribution in [2.24, 2.45) is 4.99 Å². The van der Waals surface area contributed by atoms with Crippen molar-refractivity contribution in [2.75, 3.05) is 6.61 Å². The van der Waals surface area contributed by atoms with Gasteiger partial charge in [0.1, 0.15) is 0 Å². The van der Waals surface area contributed by atoms with Gasteiger partial charge in [-0.05, 0) is 28.8 Å². The summed E-state index contributed by atoms with van der Waals surface area (Å²) in [6.07, 6.45) is 1.73. The summed E-state index contributed by atoms with van der Waals surface area (Å²) in [7, 11) is 0. The second-order valence-corrected chi connectivity index (χ2v) is 6.05. The number of hydrogen-bond acceptors (Lipinski definition) is 4. The Morgan fingerprint density at radius 1 is 0.926 bits per heavy atom. The molecule has 0 bridgehead atoms. The van der Waals surface area contributed by atoms with Crippen LogP contribution in [0.4, 0.5) is 5.69 Å². The van der Waals surface area contributed by atoms with Crippen LogP contribution in [0.3, 0.4) is 0 Å². The molecule has 0 aliphatic rings. The molecule has 0 N–H and O–H groups in total. The van der Waals surface area contributed by atoms with E-state index in [1.807, 2.05) is 60.7 Å². The molecule has 27 heavy (non-hydrogen) atoms. The molecule has 3 aromatic rings. The lowest BCUT2D eigenvalue weighted by Gasteiger charge is -2.13. The molecule has 3 aromatic carbocycles. The Labute approximate surface area is 158 Å². The zero-order valence-electron chi connectivity index (χ0n) is 14.8. The Hall–Kier alpha value is -3.31. The second kappa shape index (κ2) is 9.40. The summed E-state index contributed by atoms with van der Waals surface area (Å²) in [6, 6.07) is 26.1. The summed E-state index contributed by atoms with van der Waals surface area (Å²) in [6.45, 7) is 0.972. The molecular formula is C22H20N2O3. The maximum Gasteiger partial charge on any atom is 0.269 e. The third-order valence-electron chi connectivity index (χ3n) is 4.08. The fourth-order valence-electron chi connectivity index (χ4n) is 2.62. The highest BCUT2D eigenvalue weighted by molar-refractivity contribution is 5.80. The Kier molecular flexibility index (Phi) is 6.44. The summed E-state index contributed by atoms with van der Waals surface area (Å²) in [4.78, 5) is 15.0.